The number of aliphatic carboxylic acids is 2. The molecule has 7 nitrogen and oxygen atoms in total. The molecule has 1 atom stereocenters. The van der Waals surface area contributed by atoms with Gasteiger partial charge < -0.3 is 10.2 Å². The van der Waals surface area contributed by atoms with Crippen molar-refractivity contribution in [3.05, 3.63) is 33.4 Å². The number of carbonyl (C=O) groups is 3. The molecule has 3 rings (SSSR count). The highest BCUT2D eigenvalue weighted by atomic mass is 32.2. The van der Waals surface area contributed by atoms with Gasteiger partial charge in [0.05, 0.1) is 23.0 Å². The molecule has 0 radical (unpaired) electrons. The van der Waals surface area contributed by atoms with Crippen LogP contribution in [0.3, 0.4) is 0 Å². The summed E-state index contributed by atoms with van der Waals surface area (Å²) in [5.74, 6) is -3.29. The highest BCUT2D eigenvalue weighted by molar-refractivity contribution is 8.00. The van der Waals surface area contributed by atoms with Crippen LogP contribution in [0.25, 0.3) is 6.08 Å². The van der Waals surface area contributed by atoms with E-state index in [-0.39, 0.29) is 17.0 Å². The Hall–Kier alpha value is -2.34. The van der Waals surface area contributed by atoms with Crippen molar-refractivity contribution in [2.75, 3.05) is 5.75 Å². The molecule has 2 aliphatic heterocycles. The van der Waals surface area contributed by atoms with Gasteiger partial charge in [0.2, 0.25) is 5.91 Å². The lowest BCUT2D eigenvalue weighted by Crippen LogP contribution is -2.53. The highest BCUT2D eigenvalue weighted by Gasteiger charge is 2.44. The maximum atomic E-state index is 11.6. The van der Waals surface area contributed by atoms with E-state index >= 15 is 0 Å². The molecular formula is C15H13F3N2O5S2. The highest BCUT2D eigenvalue weighted by Crippen LogP contribution is 2.40. The minimum absolute atomic E-state index is 0.00381. The third-order valence-corrected chi connectivity index (χ3v) is 5.68. The second-order valence-electron chi connectivity index (χ2n) is 5.35. The van der Waals surface area contributed by atoms with Crippen LogP contribution >= 0.6 is 23.1 Å². The zero-order valence-corrected chi connectivity index (χ0v) is 15.3. The maximum absolute atomic E-state index is 11.6. The average molecular weight is 422 g/mol. The van der Waals surface area contributed by atoms with Crippen LogP contribution in [0.1, 0.15) is 17.0 Å². The minimum atomic E-state index is -5.08. The maximum Gasteiger partial charge on any atom is 0.490 e. The number of thioether (sulfide) groups is 1. The van der Waals surface area contributed by atoms with Crippen molar-refractivity contribution >= 4 is 47.0 Å². The normalized spacial score (nSPS) is 19.3. The topological polar surface area (TPSA) is 108 Å². The fourth-order valence-electron chi connectivity index (χ4n) is 2.21. The van der Waals surface area contributed by atoms with Gasteiger partial charge in [-0.3, -0.25) is 9.69 Å². The molecule has 3 heterocycles. The van der Waals surface area contributed by atoms with Crippen molar-refractivity contribution in [3.8, 4) is 0 Å². The quantitative estimate of drug-likeness (QED) is 0.721. The standard InChI is InChI=1S/C13H12N2O3S2.C2HF3O2/c1-7-9(20-6-14-7)3-2-8-5-19-11-4-10(16)15(11)12(8)13(17)18;3-2(4,5)1(6)7/h2-3,6,11H,4-5H2,1H3,(H,17,18);(H,6,7)/t11-;/m1./s1. The lowest BCUT2D eigenvalue weighted by Gasteiger charge is -2.43. The molecule has 1 aromatic heterocycles. The van der Waals surface area contributed by atoms with Gasteiger partial charge in [-0.15, -0.1) is 23.1 Å². The molecule has 27 heavy (non-hydrogen) atoms. The molecule has 12 heteroatoms. The molecule has 1 aromatic rings. The number of alkyl halides is 3. The average Bonchev–Trinajstić information content (AvgIpc) is 2.96. The van der Waals surface area contributed by atoms with E-state index in [1.165, 1.54) is 16.2 Å². The number of fused-ring (bicyclic) bond motifs is 1. The van der Waals surface area contributed by atoms with Crippen molar-refractivity contribution in [2.24, 2.45) is 0 Å². The zero-order valence-electron chi connectivity index (χ0n) is 13.7. The van der Waals surface area contributed by atoms with Crippen LogP contribution in [0.5, 0.6) is 0 Å². The summed E-state index contributed by atoms with van der Waals surface area (Å²) < 4.78 is 31.7. The Kier molecular flexibility index (Phi) is 6.31. The number of nitrogens with zero attached hydrogens (tertiary/aromatic N) is 2. The largest absolute Gasteiger partial charge is 0.490 e. The number of hydrogen-bond donors (Lipinski definition) is 2. The lowest BCUT2D eigenvalue weighted by atomic mass is 10.1. The molecule has 0 spiro atoms. The first-order chi connectivity index (χ1) is 12.5. The van der Waals surface area contributed by atoms with E-state index in [0.717, 1.165) is 10.6 Å². The Morgan fingerprint density at radius 3 is 2.41 bits per heavy atom. The number of halogens is 3. The van der Waals surface area contributed by atoms with Gasteiger partial charge in [-0.2, -0.15) is 13.2 Å². The SMILES string of the molecule is Cc1ncsc1C=CC1=C(C(=O)O)N2C(=O)C[C@H]2SC1.O=C(O)C(F)(F)F. The molecule has 2 N–H and O–H groups in total. The van der Waals surface area contributed by atoms with E-state index in [4.69, 9.17) is 9.90 Å². The summed E-state index contributed by atoms with van der Waals surface area (Å²) in [5.41, 5.74) is 3.49. The number of β-lactam (4-membered cyclic amide) rings is 1. The number of carbonyl (C=O) groups excluding carboxylic acids is 1. The molecule has 0 aromatic carbocycles. The summed E-state index contributed by atoms with van der Waals surface area (Å²) in [5, 5.41) is 16.5. The first kappa shape index (κ1) is 21.0. The number of aryl methyl sites for hydroxylation is 1. The van der Waals surface area contributed by atoms with Gasteiger partial charge in [0, 0.05) is 10.6 Å². The van der Waals surface area contributed by atoms with Gasteiger partial charge in [-0.25, -0.2) is 14.6 Å². The van der Waals surface area contributed by atoms with E-state index in [1.807, 2.05) is 13.0 Å². The number of aromatic nitrogens is 1. The minimum Gasteiger partial charge on any atom is -0.477 e. The van der Waals surface area contributed by atoms with Crippen molar-refractivity contribution in [1.82, 2.24) is 9.88 Å². The predicted octanol–water partition coefficient (Wildman–Crippen LogP) is 2.74. The van der Waals surface area contributed by atoms with Crippen LogP contribution in [0.15, 0.2) is 22.9 Å². The van der Waals surface area contributed by atoms with Crippen LogP contribution in [-0.4, -0.2) is 55.2 Å². The van der Waals surface area contributed by atoms with Gasteiger partial charge >= 0.3 is 18.1 Å². The first-order valence-corrected chi connectivity index (χ1v) is 9.23. The van der Waals surface area contributed by atoms with Crippen LogP contribution < -0.4 is 0 Å². The van der Waals surface area contributed by atoms with Gasteiger partial charge in [-0.1, -0.05) is 6.08 Å². The molecule has 0 unspecified atom stereocenters. The summed E-state index contributed by atoms with van der Waals surface area (Å²) in [4.78, 5) is 38.5. The molecule has 1 amide bonds. The van der Waals surface area contributed by atoms with E-state index in [0.29, 0.717) is 17.7 Å². The fourth-order valence-corrected chi connectivity index (χ4v) is 4.14. The van der Waals surface area contributed by atoms with Gasteiger partial charge in [0.25, 0.3) is 0 Å². The summed E-state index contributed by atoms with van der Waals surface area (Å²) >= 11 is 3.12. The third-order valence-electron chi connectivity index (χ3n) is 3.55. The van der Waals surface area contributed by atoms with Gasteiger partial charge in [0.1, 0.15) is 5.70 Å². The molecule has 2 aliphatic rings. The molecule has 0 bridgehead atoms. The third kappa shape index (κ3) is 4.89. The summed E-state index contributed by atoms with van der Waals surface area (Å²) in [6, 6.07) is 0. The second-order valence-corrected chi connectivity index (χ2v) is 7.40. The number of allylic oxidation sites excluding steroid dienone is 1. The summed E-state index contributed by atoms with van der Waals surface area (Å²) in [6.07, 6.45) is -0.985. The van der Waals surface area contributed by atoms with Crippen LogP contribution in [-0.2, 0) is 14.4 Å². The number of hydrogen-bond acceptors (Lipinski definition) is 6. The monoisotopic (exact) mass is 422 g/mol. The number of amides is 1. The van der Waals surface area contributed by atoms with Crippen LogP contribution in [0.4, 0.5) is 13.2 Å². The number of carboxylic acids is 2. The fraction of sp³-hybridized carbons (Fsp3) is 0.333. The Morgan fingerprint density at radius 1 is 1.33 bits per heavy atom. The number of rotatable bonds is 3. The molecule has 0 saturated carbocycles. The summed E-state index contributed by atoms with van der Waals surface area (Å²) in [7, 11) is 0. The molecule has 1 saturated heterocycles. The molecule has 1 fully saturated rings. The summed E-state index contributed by atoms with van der Waals surface area (Å²) in [6.45, 7) is 1.91. The van der Waals surface area contributed by atoms with Crippen molar-refractivity contribution in [2.45, 2.75) is 24.9 Å². The Balaban J connectivity index is 0.000000321. The Morgan fingerprint density at radius 2 is 1.96 bits per heavy atom. The molecule has 146 valence electrons. The van der Waals surface area contributed by atoms with E-state index in [9.17, 15) is 27.9 Å². The van der Waals surface area contributed by atoms with E-state index in [1.54, 1.807) is 23.3 Å². The van der Waals surface area contributed by atoms with Crippen molar-refractivity contribution < 1.29 is 37.8 Å². The van der Waals surface area contributed by atoms with Crippen molar-refractivity contribution in [1.29, 1.82) is 0 Å². The zero-order chi connectivity index (χ0) is 20.4. The van der Waals surface area contributed by atoms with Gasteiger partial charge in [0.15, 0.2) is 0 Å². The van der Waals surface area contributed by atoms with Crippen LogP contribution in [0, 0.1) is 6.92 Å². The molecule has 0 aliphatic carbocycles. The van der Waals surface area contributed by atoms with E-state index in [2.05, 4.69) is 4.98 Å². The molecular weight excluding hydrogens is 409 g/mol. The van der Waals surface area contributed by atoms with E-state index < -0.39 is 18.1 Å². The number of thiazole rings is 1. The second kappa shape index (κ2) is 8.13. The first-order valence-electron chi connectivity index (χ1n) is 7.30. The Bertz CT molecular complexity index is 832. The smallest absolute Gasteiger partial charge is 0.477 e. The van der Waals surface area contributed by atoms with Gasteiger partial charge in [-0.05, 0) is 18.6 Å². The Labute approximate surface area is 159 Å². The van der Waals surface area contributed by atoms with Crippen LogP contribution in [0.2, 0.25) is 0 Å². The number of carboxylic acid groups (broad SMARTS) is 2. The predicted molar refractivity (Wildman–Crippen MR) is 91.9 cm³/mol. The lowest BCUT2D eigenvalue weighted by molar-refractivity contribution is -0.192. The van der Waals surface area contributed by atoms with Crippen molar-refractivity contribution in [3.63, 3.8) is 0 Å².